The van der Waals surface area contributed by atoms with Gasteiger partial charge in [-0.1, -0.05) is 0 Å². The summed E-state index contributed by atoms with van der Waals surface area (Å²) in [7, 11) is 1.81. The van der Waals surface area contributed by atoms with Crippen LogP contribution in [0.25, 0.3) is 0 Å². The third-order valence-electron chi connectivity index (χ3n) is 4.30. The van der Waals surface area contributed by atoms with Crippen LogP contribution in [0.2, 0.25) is 0 Å². The molecule has 7 nitrogen and oxygen atoms in total. The van der Waals surface area contributed by atoms with Crippen molar-refractivity contribution in [3.8, 4) is 0 Å². The van der Waals surface area contributed by atoms with Gasteiger partial charge >= 0.3 is 0 Å². The van der Waals surface area contributed by atoms with Gasteiger partial charge in [0.2, 0.25) is 0 Å². The first kappa shape index (κ1) is 14.3. The van der Waals surface area contributed by atoms with Gasteiger partial charge in [0.05, 0.1) is 6.54 Å². The maximum absolute atomic E-state index is 4.31. The highest BCUT2D eigenvalue weighted by Crippen LogP contribution is 2.29. The van der Waals surface area contributed by atoms with Crippen molar-refractivity contribution >= 4 is 5.96 Å². The largest absolute Gasteiger partial charge is 0.352 e. The number of hydrogen-bond acceptors (Lipinski definition) is 4. The van der Waals surface area contributed by atoms with E-state index in [4.69, 9.17) is 0 Å². The maximum Gasteiger partial charge on any atom is 0.191 e. The number of nitrogens with zero attached hydrogens (tertiary/aromatic N) is 5. The molecule has 0 bridgehead atoms. The van der Waals surface area contributed by atoms with E-state index in [0.29, 0.717) is 12.6 Å². The zero-order valence-corrected chi connectivity index (χ0v) is 12.9. The van der Waals surface area contributed by atoms with E-state index in [1.165, 1.54) is 25.8 Å². The van der Waals surface area contributed by atoms with Crippen molar-refractivity contribution in [1.82, 2.24) is 30.3 Å². The van der Waals surface area contributed by atoms with Crippen LogP contribution in [-0.4, -0.2) is 57.8 Å². The highest BCUT2D eigenvalue weighted by Gasteiger charge is 2.34. The summed E-state index contributed by atoms with van der Waals surface area (Å²) in [5.41, 5.74) is 0. The van der Waals surface area contributed by atoms with Crippen molar-refractivity contribution in [3.63, 3.8) is 0 Å². The standard InChI is InChI=1S/C14H25N7/c1-3-20-10-17-19-13(20)8-16-14(15-2)18-11-6-7-21(9-11)12-4-5-12/h10-12H,3-9H2,1-2H3,(H2,15,16,18). The predicted molar refractivity (Wildman–Crippen MR) is 82.0 cm³/mol. The van der Waals surface area contributed by atoms with Crippen LogP contribution in [0.1, 0.15) is 32.0 Å². The summed E-state index contributed by atoms with van der Waals surface area (Å²) in [5, 5.41) is 14.9. The van der Waals surface area contributed by atoms with E-state index in [2.05, 4.69) is 37.6 Å². The fourth-order valence-electron chi connectivity index (χ4n) is 2.91. The van der Waals surface area contributed by atoms with Gasteiger partial charge in [-0.05, 0) is 26.2 Å². The first-order valence-corrected chi connectivity index (χ1v) is 7.88. The van der Waals surface area contributed by atoms with E-state index >= 15 is 0 Å². The highest BCUT2D eigenvalue weighted by molar-refractivity contribution is 5.79. The van der Waals surface area contributed by atoms with E-state index in [0.717, 1.165) is 30.9 Å². The van der Waals surface area contributed by atoms with Gasteiger partial charge in [0.15, 0.2) is 11.8 Å². The van der Waals surface area contributed by atoms with Gasteiger partial charge in [-0.2, -0.15) is 0 Å². The van der Waals surface area contributed by atoms with Crippen molar-refractivity contribution in [1.29, 1.82) is 0 Å². The van der Waals surface area contributed by atoms with Crippen LogP contribution in [0, 0.1) is 0 Å². The molecule has 1 aliphatic heterocycles. The van der Waals surface area contributed by atoms with Crippen LogP contribution in [0.4, 0.5) is 0 Å². The van der Waals surface area contributed by atoms with Crippen LogP contribution in [0.3, 0.4) is 0 Å². The fraction of sp³-hybridized carbons (Fsp3) is 0.786. The van der Waals surface area contributed by atoms with E-state index in [9.17, 15) is 0 Å². The number of likely N-dealkylation sites (tertiary alicyclic amines) is 1. The molecule has 0 amide bonds. The van der Waals surface area contributed by atoms with Gasteiger partial charge in [-0.3, -0.25) is 9.89 Å². The molecule has 7 heteroatoms. The number of aryl methyl sites for hydroxylation is 1. The Kier molecular flexibility index (Phi) is 4.38. The SMILES string of the molecule is CCn1cnnc1CNC(=NC)NC1CCN(C2CC2)C1. The van der Waals surface area contributed by atoms with Gasteiger partial charge in [0, 0.05) is 38.8 Å². The van der Waals surface area contributed by atoms with Crippen LogP contribution in [0.15, 0.2) is 11.3 Å². The molecule has 2 aliphatic rings. The number of hydrogen-bond donors (Lipinski definition) is 2. The third-order valence-corrected chi connectivity index (χ3v) is 4.30. The fourth-order valence-corrected chi connectivity index (χ4v) is 2.91. The second-order valence-corrected chi connectivity index (χ2v) is 5.81. The normalized spacial score (nSPS) is 23.5. The Bertz CT molecular complexity index is 491. The zero-order chi connectivity index (χ0) is 14.7. The molecule has 2 N–H and O–H groups in total. The van der Waals surface area contributed by atoms with Crippen molar-refractivity contribution in [2.24, 2.45) is 4.99 Å². The monoisotopic (exact) mass is 291 g/mol. The minimum atomic E-state index is 0.501. The van der Waals surface area contributed by atoms with Gasteiger partial charge in [0.1, 0.15) is 6.33 Å². The predicted octanol–water partition coefficient (Wildman–Crippen LogP) is 0.200. The van der Waals surface area contributed by atoms with Gasteiger partial charge < -0.3 is 15.2 Å². The lowest BCUT2D eigenvalue weighted by molar-refractivity contribution is 0.321. The highest BCUT2D eigenvalue weighted by atomic mass is 15.3. The molecule has 0 spiro atoms. The van der Waals surface area contributed by atoms with Crippen LogP contribution in [-0.2, 0) is 13.1 Å². The topological polar surface area (TPSA) is 70.4 Å². The van der Waals surface area contributed by atoms with Gasteiger partial charge in [-0.15, -0.1) is 10.2 Å². The summed E-state index contributed by atoms with van der Waals surface area (Å²) < 4.78 is 2.03. The Morgan fingerprint density at radius 3 is 3.00 bits per heavy atom. The molecule has 116 valence electrons. The van der Waals surface area contributed by atoms with E-state index in [1.54, 1.807) is 6.33 Å². The molecule has 1 aromatic heterocycles. The number of nitrogens with one attached hydrogen (secondary N) is 2. The molecule has 1 atom stereocenters. The summed E-state index contributed by atoms with van der Waals surface area (Å²) >= 11 is 0. The van der Waals surface area contributed by atoms with E-state index in [1.807, 2.05) is 11.6 Å². The summed E-state index contributed by atoms with van der Waals surface area (Å²) in [4.78, 5) is 6.91. The van der Waals surface area contributed by atoms with Crippen molar-refractivity contribution < 1.29 is 0 Å². The van der Waals surface area contributed by atoms with Crippen LogP contribution in [0.5, 0.6) is 0 Å². The van der Waals surface area contributed by atoms with Crippen molar-refractivity contribution in [3.05, 3.63) is 12.2 Å². The molecule has 1 aromatic rings. The molecular formula is C14H25N7. The Morgan fingerprint density at radius 2 is 2.29 bits per heavy atom. The van der Waals surface area contributed by atoms with Crippen LogP contribution < -0.4 is 10.6 Å². The summed E-state index contributed by atoms with van der Waals surface area (Å²) in [5.74, 6) is 1.79. The first-order valence-electron chi connectivity index (χ1n) is 7.88. The minimum Gasteiger partial charge on any atom is -0.352 e. The molecule has 1 saturated carbocycles. The second kappa shape index (κ2) is 6.43. The zero-order valence-electron chi connectivity index (χ0n) is 12.9. The van der Waals surface area contributed by atoms with Gasteiger partial charge in [0.25, 0.3) is 0 Å². The summed E-state index contributed by atoms with van der Waals surface area (Å²) in [6.07, 6.45) is 5.72. The maximum atomic E-state index is 4.31. The number of rotatable bonds is 5. The Hall–Kier alpha value is -1.63. The average molecular weight is 291 g/mol. The second-order valence-electron chi connectivity index (χ2n) is 5.81. The van der Waals surface area contributed by atoms with Gasteiger partial charge in [-0.25, -0.2) is 0 Å². The molecule has 21 heavy (non-hydrogen) atoms. The van der Waals surface area contributed by atoms with E-state index < -0.39 is 0 Å². The molecule has 3 rings (SSSR count). The summed E-state index contributed by atoms with van der Waals surface area (Å²) in [6, 6.07) is 1.36. The molecular weight excluding hydrogens is 266 g/mol. The molecule has 1 unspecified atom stereocenters. The average Bonchev–Trinajstić information content (AvgIpc) is 3.08. The molecule has 2 fully saturated rings. The van der Waals surface area contributed by atoms with Crippen LogP contribution >= 0.6 is 0 Å². The molecule has 2 heterocycles. The lowest BCUT2D eigenvalue weighted by Gasteiger charge is -2.18. The number of aliphatic imine (C=N–C) groups is 1. The lowest BCUT2D eigenvalue weighted by Crippen LogP contribution is -2.44. The minimum absolute atomic E-state index is 0.501. The Morgan fingerprint density at radius 1 is 1.43 bits per heavy atom. The summed E-state index contributed by atoms with van der Waals surface area (Å²) in [6.45, 7) is 5.96. The molecule has 0 radical (unpaired) electrons. The lowest BCUT2D eigenvalue weighted by atomic mass is 10.3. The smallest absolute Gasteiger partial charge is 0.191 e. The Balaban J connectivity index is 1.47. The number of guanidine groups is 1. The third kappa shape index (κ3) is 3.53. The number of aromatic nitrogens is 3. The first-order chi connectivity index (χ1) is 10.3. The van der Waals surface area contributed by atoms with Crippen molar-refractivity contribution in [2.45, 2.75) is 51.4 Å². The molecule has 1 saturated heterocycles. The quantitative estimate of drug-likeness (QED) is 0.599. The van der Waals surface area contributed by atoms with E-state index in [-0.39, 0.29) is 0 Å². The Labute approximate surface area is 125 Å². The van der Waals surface area contributed by atoms with Crippen molar-refractivity contribution in [2.75, 3.05) is 20.1 Å². The molecule has 1 aliphatic carbocycles. The molecule has 0 aromatic carbocycles.